The molecule has 4 heteroatoms. The number of aliphatic carboxylic acids is 1. The number of hydrogen-bond donors (Lipinski definition) is 1. The number of rotatable bonds is 4. The van der Waals surface area contributed by atoms with Crippen LogP contribution in [0.4, 0.5) is 0 Å². The third-order valence-electron chi connectivity index (χ3n) is 2.00. The zero-order valence-corrected chi connectivity index (χ0v) is 9.18. The number of aromatic nitrogens is 1. The van der Waals surface area contributed by atoms with Crippen LogP contribution in [-0.2, 0) is 9.59 Å². The molecule has 0 fully saturated rings. The molecule has 0 unspecified atom stereocenters. The van der Waals surface area contributed by atoms with E-state index in [0.717, 1.165) is 0 Å². The molecule has 1 rings (SSSR count). The Labute approximate surface area is 93.6 Å². The molecule has 0 aliphatic rings. The fraction of sp³-hybridized carbons (Fsp3) is 0.250. The molecule has 4 nitrogen and oxygen atoms in total. The van der Waals surface area contributed by atoms with Crippen LogP contribution < -0.4 is 0 Å². The Morgan fingerprint density at radius 3 is 2.50 bits per heavy atom. The number of ketones is 1. The number of carboxylic acids is 1. The highest BCUT2D eigenvalue weighted by molar-refractivity contribution is 6.20. The summed E-state index contributed by atoms with van der Waals surface area (Å²) in [6, 6.07) is 5.11. The summed E-state index contributed by atoms with van der Waals surface area (Å²) in [5.41, 5.74) is 0.239. The summed E-state index contributed by atoms with van der Waals surface area (Å²) < 4.78 is 0. The van der Waals surface area contributed by atoms with Gasteiger partial charge in [-0.25, -0.2) is 4.79 Å². The molecule has 0 amide bonds. The molecule has 1 N–H and O–H groups in total. The van der Waals surface area contributed by atoms with E-state index in [0.29, 0.717) is 5.69 Å². The lowest BCUT2D eigenvalue weighted by molar-refractivity contribution is -0.135. The Bertz CT molecular complexity index is 421. The first-order valence-corrected chi connectivity index (χ1v) is 4.92. The van der Waals surface area contributed by atoms with Crippen LogP contribution in [0.5, 0.6) is 0 Å². The first kappa shape index (κ1) is 12.1. The van der Waals surface area contributed by atoms with E-state index in [4.69, 9.17) is 5.11 Å². The Morgan fingerprint density at radius 2 is 2.06 bits per heavy atom. The fourth-order valence-corrected chi connectivity index (χ4v) is 1.16. The lowest BCUT2D eigenvalue weighted by Crippen LogP contribution is -2.17. The number of carbonyl (C=O) groups excluding carboxylic acids is 1. The number of Topliss-reactive ketones (excluding diaryl/α,β-unsaturated/α-hetero) is 1. The molecule has 84 valence electrons. The Morgan fingerprint density at radius 1 is 1.38 bits per heavy atom. The van der Waals surface area contributed by atoms with Crippen molar-refractivity contribution in [1.29, 1.82) is 0 Å². The topological polar surface area (TPSA) is 67.3 Å². The number of nitrogens with zero attached hydrogens (tertiary/aromatic N) is 1. The van der Waals surface area contributed by atoms with Crippen molar-refractivity contribution in [1.82, 2.24) is 4.98 Å². The molecule has 0 saturated carbocycles. The summed E-state index contributed by atoms with van der Waals surface area (Å²) in [5, 5.41) is 8.94. The lowest BCUT2D eigenvalue weighted by Gasteiger charge is -2.04. The SMILES string of the molecule is CC(C)C(=O)/C(=C\c1ccccn1)C(=O)O. The number of pyridine rings is 1. The summed E-state index contributed by atoms with van der Waals surface area (Å²) >= 11 is 0. The van der Waals surface area contributed by atoms with Crippen LogP contribution in [-0.4, -0.2) is 21.8 Å². The van der Waals surface area contributed by atoms with Crippen LogP contribution in [0.15, 0.2) is 30.0 Å². The Balaban J connectivity index is 3.09. The molecule has 1 aromatic rings. The second-order valence-electron chi connectivity index (χ2n) is 3.64. The van der Waals surface area contributed by atoms with Gasteiger partial charge in [0, 0.05) is 12.1 Å². The zero-order valence-electron chi connectivity index (χ0n) is 9.18. The van der Waals surface area contributed by atoms with E-state index in [9.17, 15) is 9.59 Å². The summed E-state index contributed by atoms with van der Waals surface area (Å²) in [7, 11) is 0. The number of hydrogen-bond acceptors (Lipinski definition) is 3. The van der Waals surface area contributed by atoms with E-state index in [1.807, 2.05) is 0 Å². The molecule has 0 atom stereocenters. The van der Waals surface area contributed by atoms with Crippen LogP contribution in [0.1, 0.15) is 19.5 Å². The van der Waals surface area contributed by atoms with Crippen molar-refractivity contribution in [3.63, 3.8) is 0 Å². The molecular formula is C12H13NO3. The largest absolute Gasteiger partial charge is 0.478 e. The van der Waals surface area contributed by atoms with Gasteiger partial charge in [-0.05, 0) is 18.2 Å². The van der Waals surface area contributed by atoms with Crippen molar-refractivity contribution >= 4 is 17.8 Å². The van der Waals surface area contributed by atoms with Gasteiger partial charge in [0.15, 0.2) is 5.78 Å². The second kappa shape index (κ2) is 5.21. The first-order chi connectivity index (χ1) is 7.52. The van der Waals surface area contributed by atoms with Crippen LogP contribution in [0.3, 0.4) is 0 Å². The molecule has 0 saturated heterocycles. The summed E-state index contributed by atoms with van der Waals surface area (Å²) in [6.45, 7) is 3.33. The first-order valence-electron chi connectivity index (χ1n) is 4.92. The van der Waals surface area contributed by atoms with E-state index >= 15 is 0 Å². The molecule has 1 heterocycles. The molecule has 0 aliphatic heterocycles. The Kier molecular flexibility index (Phi) is 3.94. The summed E-state index contributed by atoms with van der Waals surface area (Å²) in [5.74, 6) is -1.95. The number of carboxylic acid groups (broad SMARTS) is 1. The monoisotopic (exact) mass is 219 g/mol. The highest BCUT2D eigenvalue weighted by Crippen LogP contribution is 2.10. The second-order valence-corrected chi connectivity index (χ2v) is 3.64. The molecule has 0 aliphatic carbocycles. The van der Waals surface area contributed by atoms with Gasteiger partial charge in [0.05, 0.1) is 5.69 Å². The number of carbonyl (C=O) groups is 2. The van der Waals surface area contributed by atoms with Gasteiger partial charge in [-0.3, -0.25) is 9.78 Å². The van der Waals surface area contributed by atoms with Gasteiger partial charge in [-0.1, -0.05) is 19.9 Å². The third kappa shape index (κ3) is 3.02. The van der Waals surface area contributed by atoms with Gasteiger partial charge in [0.1, 0.15) is 5.57 Å². The molecule has 1 aromatic heterocycles. The van der Waals surface area contributed by atoms with Gasteiger partial charge >= 0.3 is 5.97 Å². The minimum atomic E-state index is -1.22. The van der Waals surface area contributed by atoms with Gasteiger partial charge in [0.2, 0.25) is 0 Å². The van der Waals surface area contributed by atoms with Crippen LogP contribution in [0.25, 0.3) is 6.08 Å². The van der Waals surface area contributed by atoms with Gasteiger partial charge in [-0.15, -0.1) is 0 Å². The maximum atomic E-state index is 11.6. The minimum Gasteiger partial charge on any atom is -0.478 e. The quantitative estimate of drug-likeness (QED) is 0.476. The predicted octanol–water partition coefficient (Wildman–Crippen LogP) is 1.77. The lowest BCUT2D eigenvalue weighted by atomic mass is 10.0. The van der Waals surface area contributed by atoms with E-state index in [1.165, 1.54) is 6.08 Å². The summed E-state index contributed by atoms with van der Waals surface area (Å²) in [4.78, 5) is 26.5. The zero-order chi connectivity index (χ0) is 12.1. The highest BCUT2D eigenvalue weighted by Gasteiger charge is 2.20. The Hall–Kier alpha value is -1.97. The molecule has 0 radical (unpaired) electrons. The molecular weight excluding hydrogens is 206 g/mol. The van der Waals surface area contributed by atoms with E-state index in [1.54, 1.807) is 38.2 Å². The van der Waals surface area contributed by atoms with Gasteiger partial charge in [0.25, 0.3) is 0 Å². The van der Waals surface area contributed by atoms with Crippen molar-refractivity contribution in [3.05, 3.63) is 35.7 Å². The maximum absolute atomic E-state index is 11.6. The molecule has 0 aromatic carbocycles. The van der Waals surface area contributed by atoms with E-state index in [-0.39, 0.29) is 11.5 Å². The standard InChI is InChI=1S/C12H13NO3/c1-8(2)11(14)10(12(15)16)7-9-5-3-4-6-13-9/h3-8H,1-2H3,(H,15,16)/b10-7+. The predicted molar refractivity (Wildman–Crippen MR) is 59.7 cm³/mol. The van der Waals surface area contributed by atoms with Crippen LogP contribution in [0, 0.1) is 5.92 Å². The van der Waals surface area contributed by atoms with E-state index in [2.05, 4.69) is 4.98 Å². The van der Waals surface area contributed by atoms with Crippen molar-refractivity contribution in [2.24, 2.45) is 5.92 Å². The normalized spacial score (nSPS) is 11.6. The van der Waals surface area contributed by atoms with Crippen molar-refractivity contribution < 1.29 is 14.7 Å². The van der Waals surface area contributed by atoms with Crippen molar-refractivity contribution in [2.45, 2.75) is 13.8 Å². The molecule has 0 spiro atoms. The van der Waals surface area contributed by atoms with Crippen LogP contribution >= 0.6 is 0 Å². The molecule has 16 heavy (non-hydrogen) atoms. The minimum absolute atomic E-state index is 0.228. The maximum Gasteiger partial charge on any atom is 0.339 e. The smallest absolute Gasteiger partial charge is 0.339 e. The third-order valence-corrected chi connectivity index (χ3v) is 2.00. The van der Waals surface area contributed by atoms with E-state index < -0.39 is 11.8 Å². The van der Waals surface area contributed by atoms with Crippen molar-refractivity contribution in [2.75, 3.05) is 0 Å². The van der Waals surface area contributed by atoms with Crippen LogP contribution in [0.2, 0.25) is 0 Å². The average molecular weight is 219 g/mol. The summed E-state index contributed by atoms with van der Waals surface area (Å²) in [6.07, 6.45) is 2.84. The van der Waals surface area contributed by atoms with Gasteiger partial charge in [-0.2, -0.15) is 0 Å². The van der Waals surface area contributed by atoms with Crippen molar-refractivity contribution in [3.8, 4) is 0 Å². The van der Waals surface area contributed by atoms with Gasteiger partial charge < -0.3 is 5.11 Å². The highest BCUT2D eigenvalue weighted by atomic mass is 16.4. The molecule has 0 bridgehead atoms. The average Bonchev–Trinajstić information content (AvgIpc) is 2.26. The fourth-order valence-electron chi connectivity index (χ4n) is 1.16.